The number of benzene rings is 1. The van der Waals surface area contributed by atoms with Gasteiger partial charge < -0.3 is 5.73 Å². The molecule has 2 unspecified atom stereocenters. The van der Waals surface area contributed by atoms with Gasteiger partial charge >= 0.3 is 0 Å². The Balaban J connectivity index is 1.78. The molecule has 2 aliphatic rings. The first-order chi connectivity index (χ1) is 9.25. The Labute approximate surface area is 115 Å². The minimum atomic E-state index is 0.0467. The van der Waals surface area contributed by atoms with E-state index < -0.39 is 0 Å². The van der Waals surface area contributed by atoms with Crippen molar-refractivity contribution < 1.29 is 4.79 Å². The van der Waals surface area contributed by atoms with Crippen LogP contribution < -0.4 is 5.73 Å². The highest BCUT2D eigenvalue weighted by Crippen LogP contribution is 2.37. The van der Waals surface area contributed by atoms with Gasteiger partial charge in [-0.15, -0.1) is 0 Å². The molecule has 19 heavy (non-hydrogen) atoms. The lowest BCUT2D eigenvalue weighted by atomic mass is 9.77. The molecular weight excluding hydrogens is 234 g/mol. The van der Waals surface area contributed by atoms with E-state index in [1.54, 1.807) is 0 Å². The number of rotatable bonds is 3. The summed E-state index contributed by atoms with van der Waals surface area (Å²) >= 11 is 0. The number of hydrogen-bond acceptors (Lipinski definition) is 2. The Hall–Kier alpha value is -1.15. The Morgan fingerprint density at radius 1 is 1.05 bits per heavy atom. The molecule has 2 nitrogen and oxygen atoms in total. The third-order valence-corrected chi connectivity index (χ3v) is 4.90. The van der Waals surface area contributed by atoms with Crippen molar-refractivity contribution in [3.05, 3.63) is 35.4 Å². The highest BCUT2D eigenvalue weighted by atomic mass is 16.1. The van der Waals surface area contributed by atoms with E-state index in [1.807, 2.05) is 12.1 Å². The quantitative estimate of drug-likeness (QED) is 0.840. The van der Waals surface area contributed by atoms with Crippen LogP contribution in [0.2, 0.25) is 0 Å². The minimum absolute atomic E-state index is 0.0467. The van der Waals surface area contributed by atoms with E-state index in [4.69, 9.17) is 5.73 Å². The van der Waals surface area contributed by atoms with Gasteiger partial charge in [-0.2, -0.15) is 0 Å². The molecule has 0 bridgehead atoms. The average molecular weight is 257 g/mol. The molecule has 0 saturated heterocycles. The molecular formula is C17H23NO. The summed E-state index contributed by atoms with van der Waals surface area (Å²) in [4.78, 5) is 12.6. The van der Waals surface area contributed by atoms with Crippen molar-refractivity contribution in [2.75, 3.05) is 0 Å². The molecule has 0 radical (unpaired) electrons. The molecule has 2 N–H and O–H groups in total. The first kappa shape index (κ1) is 12.9. The minimum Gasteiger partial charge on any atom is -0.327 e. The van der Waals surface area contributed by atoms with Crippen LogP contribution in [0, 0.1) is 5.92 Å². The average Bonchev–Trinajstić information content (AvgIpc) is 2.37. The summed E-state index contributed by atoms with van der Waals surface area (Å²) in [7, 11) is 0. The van der Waals surface area contributed by atoms with Crippen LogP contribution >= 0.6 is 0 Å². The number of nitrogens with two attached hydrogens (primary N) is 1. The van der Waals surface area contributed by atoms with Crippen molar-refractivity contribution in [2.45, 2.75) is 56.9 Å². The predicted molar refractivity (Wildman–Crippen MR) is 77.3 cm³/mol. The number of ketones is 1. The van der Waals surface area contributed by atoms with Crippen molar-refractivity contribution >= 4 is 5.78 Å². The largest absolute Gasteiger partial charge is 0.327 e. The zero-order chi connectivity index (χ0) is 13.2. The molecule has 2 fully saturated rings. The molecule has 0 spiro atoms. The molecule has 0 aromatic heterocycles. The lowest BCUT2D eigenvalue weighted by molar-refractivity contribution is 0.0871. The van der Waals surface area contributed by atoms with Crippen LogP contribution in [0.4, 0.5) is 0 Å². The van der Waals surface area contributed by atoms with E-state index in [1.165, 1.54) is 31.2 Å². The van der Waals surface area contributed by atoms with Crippen molar-refractivity contribution in [3.63, 3.8) is 0 Å². The van der Waals surface area contributed by atoms with Crippen LogP contribution in [0.1, 0.15) is 66.8 Å². The SMILES string of the molecule is NC1CCCCC1C(=O)c1cccc(C2CCC2)c1. The fourth-order valence-corrected chi connectivity index (χ4v) is 3.39. The summed E-state index contributed by atoms with van der Waals surface area (Å²) in [5.74, 6) is 1.01. The zero-order valence-electron chi connectivity index (χ0n) is 11.5. The first-order valence-corrected chi connectivity index (χ1v) is 7.65. The second kappa shape index (κ2) is 5.46. The normalized spacial score (nSPS) is 27.8. The monoisotopic (exact) mass is 257 g/mol. The predicted octanol–water partition coefficient (Wildman–Crippen LogP) is 3.65. The van der Waals surface area contributed by atoms with Gasteiger partial charge in [-0.05, 0) is 43.2 Å². The van der Waals surface area contributed by atoms with Crippen LogP contribution in [0.5, 0.6) is 0 Å². The van der Waals surface area contributed by atoms with Crippen LogP contribution in [-0.2, 0) is 0 Å². The molecule has 1 aromatic rings. The molecule has 2 heteroatoms. The van der Waals surface area contributed by atoms with E-state index in [0.717, 1.165) is 24.8 Å². The lowest BCUT2D eigenvalue weighted by Crippen LogP contribution is -2.38. The van der Waals surface area contributed by atoms with E-state index >= 15 is 0 Å². The fourth-order valence-electron chi connectivity index (χ4n) is 3.39. The van der Waals surface area contributed by atoms with Gasteiger partial charge in [0, 0.05) is 17.5 Å². The van der Waals surface area contributed by atoms with Crippen LogP contribution in [-0.4, -0.2) is 11.8 Å². The molecule has 3 rings (SSSR count). The van der Waals surface area contributed by atoms with Gasteiger partial charge in [-0.1, -0.05) is 37.5 Å². The van der Waals surface area contributed by atoms with Crippen molar-refractivity contribution in [2.24, 2.45) is 11.7 Å². The molecule has 102 valence electrons. The fraction of sp³-hybridized carbons (Fsp3) is 0.588. The summed E-state index contributed by atoms with van der Waals surface area (Å²) in [6.45, 7) is 0. The highest BCUT2D eigenvalue weighted by Gasteiger charge is 2.29. The van der Waals surface area contributed by atoms with E-state index in [0.29, 0.717) is 5.92 Å². The Bertz CT molecular complexity index is 464. The Morgan fingerprint density at radius 2 is 1.84 bits per heavy atom. The Kier molecular flexibility index (Phi) is 3.69. The number of carbonyl (C=O) groups excluding carboxylic acids is 1. The maximum absolute atomic E-state index is 12.6. The summed E-state index contributed by atoms with van der Waals surface area (Å²) in [6, 6.07) is 8.35. The van der Waals surface area contributed by atoms with Gasteiger partial charge in [-0.3, -0.25) is 4.79 Å². The van der Waals surface area contributed by atoms with Gasteiger partial charge in [0.05, 0.1) is 0 Å². The van der Waals surface area contributed by atoms with E-state index in [2.05, 4.69) is 12.1 Å². The second-order valence-electron chi connectivity index (χ2n) is 6.17. The molecule has 0 amide bonds. The third kappa shape index (κ3) is 2.59. The Morgan fingerprint density at radius 3 is 2.53 bits per heavy atom. The van der Waals surface area contributed by atoms with Gasteiger partial charge in [-0.25, -0.2) is 0 Å². The molecule has 2 aliphatic carbocycles. The standard InChI is InChI=1S/C17H23NO/c18-16-10-2-1-9-15(16)17(19)14-8-4-7-13(11-14)12-5-3-6-12/h4,7-8,11-12,15-16H,1-3,5-6,9-10,18H2. The van der Waals surface area contributed by atoms with Crippen molar-refractivity contribution in [1.82, 2.24) is 0 Å². The van der Waals surface area contributed by atoms with E-state index in [-0.39, 0.29) is 17.7 Å². The summed E-state index contributed by atoms with van der Waals surface area (Å²) in [5, 5.41) is 0. The molecule has 0 heterocycles. The highest BCUT2D eigenvalue weighted by molar-refractivity contribution is 5.98. The summed E-state index contributed by atoms with van der Waals surface area (Å²) < 4.78 is 0. The lowest BCUT2D eigenvalue weighted by Gasteiger charge is -2.28. The number of hydrogen-bond donors (Lipinski definition) is 1. The zero-order valence-corrected chi connectivity index (χ0v) is 11.5. The van der Waals surface area contributed by atoms with Crippen LogP contribution in [0.25, 0.3) is 0 Å². The van der Waals surface area contributed by atoms with Crippen LogP contribution in [0.15, 0.2) is 24.3 Å². The smallest absolute Gasteiger partial charge is 0.167 e. The van der Waals surface area contributed by atoms with Gasteiger partial charge in [0.2, 0.25) is 0 Å². The molecule has 1 aromatic carbocycles. The van der Waals surface area contributed by atoms with Gasteiger partial charge in [0.1, 0.15) is 0 Å². The third-order valence-electron chi connectivity index (χ3n) is 4.90. The molecule has 2 saturated carbocycles. The van der Waals surface area contributed by atoms with Crippen molar-refractivity contribution in [1.29, 1.82) is 0 Å². The van der Waals surface area contributed by atoms with Gasteiger partial charge in [0.15, 0.2) is 5.78 Å². The maximum Gasteiger partial charge on any atom is 0.167 e. The number of carbonyl (C=O) groups is 1. The first-order valence-electron chi connectivity index (χ1n) is 7.65. The van der Waals surface area contributed by atoms with Crippen LogP contribution in [0.3, 0.4) is 0 Å². The van der Waals surface area contributed by atoms with Gasteiger partial charge in [0.25, 0.3) is 0 Å². The summed E-state index contributed by atoms with van der Waals surface area (Å²) in [5.41, 5.74) is 8.36. The molecule has 2 atom stereocenters. The topological polar surface area (TPSA) is 43.1 Å². The van der Waals surface area contributed by atoms with Crippen molar-refractivity contribution in [3.8, 4) is 0 Å². The maximum atomic E-state index is 12.6. The second-order valence-corrected chi connectivity index (χ2v) is 6.17. The molecule has 0 aliphatic heterocycles. The van der Waals surface area contributed by atoms with E-state index in [9.17, 15) is 4.79 Å². The summed E-state index contributed by atoms with van der Waals surface area (Å²) in [6.07, 6.45) is 8.17. The number of Topliss-reactive ketones (excluding diaryl/α,β-unsaturated/α-hetero) is 1.